The van der Waals surface area contributed by atoms with E-state index in [2.05, 4.69) is 37.3 Å². The van der Waals surface area contributed by atoms with Crippen LogP contribution in [0.2, 0.25) is 0 Å². The van der Waals surface area contributed by atoms with Crippen molar-refractivity contribution in [1.29, 1.82) is 0 Å². The van der Waals surface area contributed by atoms with Gasteiger partial charge in [-0.1, -0.05) is 75.8 Å². The predicted octanol–water partition coefficient (Wildman–Crippen LogP) is 5.75. The summed E-state index contributed by atoms with van der Waals surface area (Å²) in [7, 11) is 1.78. The Balaban J connectivity index is 2.42. The van der Waals surface area contributed by atoms with E-state index in [0.29, 0.717) is 6.61 Å². The molecule has 1 unspecified atom stereocenters. The predicted molar refractivity (Wildman–Crippen MR) is 94.1 cm³/mol. The number of benzene rings is 1. The summed E-state index contributed by atoms with van der Waals surface area (Å²) in [6, 6.07) is 10.5. The van der Waals surface area contributed by atoms with E-state index in [9.17, 15) is 0 Å². The fraction of sp³-hybridized carbons (Fsp3) is 0.700. The smallest absolute Gasteiger partial charge is 0.171 e. The highest BCUT2D eigenvalue weighted by Gasteiger charge is 2.30. The molecule has 126 valence electrons. The number of rotatable bonds is 13. The van der Waals surface area contributed by atoms with E-state index in [1.807, 2.05) is 6.92 Å². The SMILES string of the molecule is CCCCCCCCCC(Cc1ccccc1)(OC)OCC. The highest BCUT2D eigenvalue weighted by molar-refractivity contribution is 5.16. The van der Waals surface area contributed by atoms with Crippen LogP contribution in [-0.4, -0.2) is 19.5 Å². The molecule has 0 saturated heterocycles. The van der Waals surface area contributed by atoms with E-state index in [1.54, 1.807) is 7.11 Å². The minimum absolute atomic E-state index is 0.459. The van der Waals surface area contributed by atoms with Crippen LogP contribution in [0.1, 0.15) is 70.8 Å². The van der Waals surface area contributed by atoms with Gasteiger partial charge < -0.3 is 9.47 Å². The monoisotopic (exact) mass is 306 g/mol. The molecular formula is C20H34O2. The van der Waals surface area contributed by atoms with Crippen LogP contribution < -0.4 is 0 Å². The van der Waals surface area contributed by atoms with Gasteiger partial charge in [0, 0.05) is 26.6 Å². The largest absolute Gasteiger partial charge is 0.353 e. The van der Waals surface area contributed by atoms with Crippen LogP contribution in [0, 0.1) is 0 Å². The van der Waals surface area contributed by atoms with Crippen molar-refractivity contribution >= 4 is 0 Å². The highest BCUT2D eigenvalue weighted by atomic mass is 16.7. The van der Waals surface area contributed by atoms with Crippen LogP contribution in [0.3, 0.4) is 0 Å². The first-order chi connectivity index (χ1) is 10.8. The van der Waals surface area contributed by atoms with E-state index in [4.69, 9.17) is 9.47 Å². The van der Waals surface area contributed by atoms with Gasteiger partial charge in [0.2, 0.25) is 0 Å². The first-order valence-corrected chi connectivity index (χ1v) is 8.99. The molecule has 0 bridgehead atoms. The number of methoxy groups -OCH3 is 1. The van der Waals surface area contributed by atoms with Crippen molar-refractivity contribution < 1.29 is 9.47 Å². The first-order valence-electron chi connectivity index (χ1n) is 8.99. The molecule has 2 nitrogen and oxygen atoms in total. The zero-order valence-electron chi connectivity index (χ0n) is 14.8. The van der Waals surface area contributed by atoms with Gasteiger partial charge in [-0.15, -0.1) is 0 Å². The van der Waals surface area contributed by atoms with Crippen molar-refractivity contribution in [1.82, 2.24) is 0 Å². The fourth-order valence-corrected chi connectivity index (χ4v) is 2.97. The van der Waals surface area contributed by atoms with Gasteiger partial charge in [0.25, 0.3) is 0 Å². The maximum atomic E-state index is 6.01. The summed E-state index contributed by atoms with van der Waals surface area (Å²) in [5.41, 5.74) is 1.28. The Morgan fingerprint density at radius 2 is 1.50 bits per heavy atom. The van der Waals surface area contributed by atoms with E-state index in [-0.39, 0.29) is 0 Å². The van der Waals surface area contributed by atoms with Crippen molar-refractivity contribution in [3.8, 4) is 0 Å². The molecule has 1 atom stereocenters. The maximum absolute atomic E-state index is 6.01. The lowest BCUT2D eigenvalue weighted by Crippen LogP contribution is -2.37. The molecule has 0 aliphatic rings. The fourth-order valence-electron chi connectivity index (χ4n) is 2.97. The molecule has 0 heterocycles. The molecule has 0 aliphatic carbocycles. The van der Waals surface area contributed by atoms with E-state index < -0.39 is 5.79 Å². The van der Waals surface area contributed by atoms with Gasteiger partial charge in [-0.05, 0) is 18.9 Å². The molecule has 0 fully saturated rings. The van der Waals surface area contributed by atoms with E-state index in [0.717, 1.165) is 12.8 Å². The highest BCUT2D eigenvalue weighted by Crippen LogP contribution is 2.26. The summed E-state index contributed by atoms with van der Waals surface area (Å²) in [5, 5.41) is 0. The van der Waals surface area contributed by atoms with Gasteiger partial charge in [-0.3, -0.25) is 0 Å². The molecule has 2 heteroatoms. The molecule has 0 saturated carbocycles. The number of hydrogen-bond acceptors (Lipinski definition) is 2. The Morgan fingerprint density at radius 3 is 2.09 bits per heavy atom. The molecular weight excluding hydrogens is 272 g/mol. The Labute approximate surface area is 137 Å². The Bertz CT molecular complexity index is 363. The van der Waals surface area contributed by atoms with Crippen LogP contribution in [0.4, 0.5) is 0 Å². The first kappa shape index (κ1) is 19.2. The molecule has 0 N–H and O–H groups in total. The number of hydrogen-bond donors (Lipinski definition) is 0. The van der Waals surface area contributed by atoms with Crippen LogP contribution in [0.25, 0.3) is 0 Å². The standard InChI is InChI=1S/C20H34O2/c1-4-6-7-8-9-10-14-17-20(21-3,22-5-2)18-19-15-12-11-13-16-19/h11-13,15-16H,4-10,14,17-18H2,1-3H3. The summed E-state index contributed by atoms with van der Waals surface area (Å²) >= 11 is 0. The number of unbranched alkanes of at least 4 members (excludes halogenated alkanes) is 6. The molecule has 22 heavy (non-hydrogen) atoms. The summed E-state index contributed by atoms with van der Waals surface area (Å²) in [6.07, 6.45) is 11.0. The average Bonchev–Trinajstić information content (AvgIpc) is 2.55. The Morgan fingerprint density at radius 1 is 0.864 bits per heavy atom. The van der Waals surface area contributed by atoms with Gasteiger partial charge in [0.1, 0.15) is 0 Å². The van der Waals surface area contributed by atoms with Gasteiger partial charge >= 0.3 is 0 Å². The zero-order chi connectivity index (χ0) is 16.1. The van der Waals surface area contributed by atoms with Crippen LogP contribution in [-0.2, 0) is 15.9 Å². The molecule has 1 aromatic carbocycles. The maximum Gasteiger partial charge on any atom is 0.171 e. The van der Waals surface area contributed by atoms with Crippen molar-refractivity contribution in [3.63, 3.8) is 0 Å². The van der Waals surface area contributed by atoms with Gasteiger partial charge in [-0.25, -0.2) is 0 Å². The van der Waals surface area contributed by atoms with E-state index in [1.165, 1.54) is 50.5 Å². The van der Waals surface area contributed by atoms with Crippen molar-refractivity contribution in [2.24, 2.45) is 0 Å². The summed E-state index contributed by atoms with van der Waals surface area (Å²) in [6.45, 7) is 5.00. The van der Waals surface area contributed by atoms with Crippen LogP contribution in [0.15, 0.2) is 30.3 Å². The molecule has 0 radical (unpaired) electrons. The van der Waals surface area contributed by atoms with Crippen LogP contribution >= 0.6 is 0 Å². The Hall–Kier alpha value is -0.860. The molecule has 0 spiro atoms. The molecule has 0 aliphatic heterocycles. The third kappa shape index (κ3) is 7.42. The average molecular weight is 306 g/mol. The van der Waals surface area contributed by atoms with Crippen molar-refractivity contribution in [3.05, 3.63) is 35.9 Å². The third-order valence-electron chi connectivity index (χ3n) is 4.26. The minimum atomic E-state index is -0.459. The van der Waals surface area contributed by atoms with Crippen molar-refractivity contribution in [2.75, 3.05) is 13.7 Å². The summed E-state index contributed by atoms with van der Waals surface area (Å²) in [4.78, 5) is 0. The summed E-state index contributed by atoms with van der Waals surface area (Å²) < 4.78 is 11.8. The number of ether oxygens (including phenoxy) is 2. The van der Waals surface area contributed by atoms with Gasteiger partial charge in [-0.2, -0.15) is 0 Å². The lowest BCUT2D eigenvalue weighted by atomic mass is 9.98. The molecule has 0 aromatic heterocycles. The van der Waals surface area contributed by atoms with Gasteiger partial charge in [0.05, 0.1) is 0 Å². The molecule has 1 rings (SSSR count). The Kier molecular flexibility index (Phi) is 10.2. The quantitative estimate of drug-likeness (QED) is 0.341. The topological polar surface area (TPSA) is 18.5 Å². The normalized spacial score (nSPS) is 14.0. The second-order valence-electron chi connectivity index (χ2n) is 6.08. The van der Waals surface area contributed by atoms with Crippen LogP contribution in [0.5, 0.6) is 0 Å². The van der Waals surface area contributed by atoms with E-state index >= 15 is 0 Å². The zero-order valence-corrected chi connectivity index (χ0v) is 14.8. The molecule has 0 amide bonds. The third-order valence-corrected chi connectivity index (χ3v) is 4.26. The second kappa shape index (κ2) is 11.7. The van der Waals surface area contributed by atoms with Crippen molar-refractivity contribution in [2.45, 2.75) is 77.4 Å². The lowest BCUT2D eigenvalue weighted by molar-refractivity contribution is -0.224. The second-order valence-corrected chi connectivity index (χ2v) is 6.08. The summed E-state index contributed by atoms with van der Waals surface area (Å²) in [5.74, 6) is -0.459. The minimum Gasteiger partial charge on any atom is -0.353 e. The molecule has 1 aromatic rings. The van der Waals surface area contributed by atoms with Gasteiger partial charge in [0.15, 0.2) is 5.79 Å². The lowest BCUT2D eigenvalue weighted by Gasteiger charge is -2.32.